The van der Waals surface area contributed by atoms with Crippen LogP contribution in [0.2, 0.25) is 0 Å². The van der Waals surface area contributed by atoms with Gasteiger partial charge in [-0.3, -0.25) is 0 Å². The van der Waals surface area contributed by atoms with Crippen molar-refractivity contribution >= 4 is 5.91 Å². The fourth-order valence-corrected chi connectivity index (χ4v) is 10.8. The molecule has 0 radical (unpaired) electrons. The number of amides is 1. The van der Waals surface area contributed by atoms with Crippen LogP contribution in [-0.4, -0.2) is 53.6 Å². The number of halogens is 3. The summed E-state index contributed by atoms with van der Waals surface area (Å²) in [6, 6.07) is 14.7. The summed E-state index contributed by atoms with van der Waals surface area (Å²) in [5.41, 5.74) is 3.23. The second kappa shape index (κ2) is 10.7. The third kappa shape index (κ3) is 4.69. The van der Waals surface area contributed by atoms with Gasteiger partial charge in [0, 0.05) is 0 Å². The Bertz CT molecular complexity index is 1250. The summed E-state index contributed by atoms with van der Waals surface area (Å²) in [4.78, 5) is 16.9. The molecule has 5 aliphatic rings. The monoisotopic (exact) mass is 664 g/mol. The third-order valence-electron chi connectivity index (χ3n) is 10.1. The van der Waals surface area contributed by atoms with Gasteiger partial charge in [-0.2, -0.15) is 0 Å². The van der Waals surface area contributed by atoms with Crippen molar-refractivity contribution < 1.29 is 44.5 Å². The van der Waals surface area contributed by atoms with Crippen LogP contribution in [0.4, 0.5) is 8.78 Å². The van der Waals surface area contributed by atoms with Crippen LogP contribution in [0.25, 0.3) is 0 Å². The van der Waals surface area contributed by atoms with Crippen LogP contribution in [-0.2, 0) is 16.8 Å². The number of fused-ring (bicyclic) bond motifs is 4. The molecule has 0 aromatic heterocycles. The normalized spacial score (nSPS) is 31.9. The molecule has 6 nitrogen and oxygen atoms in total. The molecule has 2 aromatic rings. The molecule has 1 saturated carbocycles. The van der Waals surface area contributed by atoms with Gasteiger partial charge in [-0.05, 0) is 0 Å². The Morgan fingerprint density at radius 3 is 2.67 bits per heavy atom. The third-order valence-corrected chi connectivity index (χ3v) is 12.3. The van der Waals surface area contributed by atoms with E-state index in [4.69, 9.17) is 9.47 Å². The van der Waals surface area contributed by atoms with Crippen LogP contribution in [0.15, 0.2) is 42.5 Å². The Kier molecular flexibility index (Phi) is 7.19. The van der Waals surface area contributed by atoms with E-state index in [2.05, 4.69) is 44.1 Å². The molecule has 4 atom stereocenters. The number of piperidine rings is 1. The molecule has 7 rings (SSSR count). The van der Waals surface area contributed by atoms with Gasteiger partial charge in [-0.1, -0.05) is 0 Å². The summed E-state index contributed by atoms with van der Waals surface area (Å²) in [5.74, 6) is -0.450. The van der Waals surface area contributed by atoms with Crippen molar-refractivity contribution in [1.29, 1.82) is 0 Å². The topological polar surface area (TPSA) is 62.8 Å². The number of ether oxygens (including phenoxy) is 2. The summed E-state index contributed by atoms with van der Waals surface area (Å²) in [7, 11) is 0. The Hall–Kier alpha value is -1.98. The van der Waals surface area contributed by atoms with Crippen molar-refractivity contribution in [2.24, 2.45) is 11.8 Å². The van der Waals surface area contributed by atoms with E-state index < -0.39 is 5.92 Å². The standard InChI is InChI=1S/C31H37F2IN3O3/c32-31(33)11-8-21(9-12-31)26-14-22(20-4-2-1-3-5-20)10-13-37(26)29(38)25-15-34-36-18-30(25)17-35-16-23-24(30)6-7-27-28(23)40-19-39-27/h1-7,21-22,25-26,35-36H,8-19H2/q-1/t22-,25+,26+,30+/m1/s1. The van der Waals surface area contributed by atoms with E-state index in [9.17, 15) is 13.6 Å². The molecule has 4 heterocycles. The molecule has 1 aliphatic carbocycles. The van der Waals surface area contributed by atoms with E-state index in [1.54, 1.807) is 0 Å². The van der Waals surface area contributed by atoms with E-state index in [1.165, 1.54) is 11.1 Å². The van der Waals surface area contributed by atoms with Crippen LogP contribution in [0.3, 0.4) is 0 Å². The average Bonchev–Trinajstić information content (AvgIpc) is 3.47. The van der Waals surface area contributed by atoms with Crippen molar-refractivity contribution in [3.8, 4) is 11.5 Å². The number of hydrogen-bond acceptors (Lipinski definition) is 5. The maximum atomic E-state index is 14.8. The Morgan fingerprint density at radius 2 is 1.85 bits per heavy atom. The molecule has 2 saturated heterocycles. The van der Waals surface area contributed by atoms with Crippen LogP contribution in [0.1, 0.15) is 61.1 Å². The Morgan fingerprint density at radius 1 is 1.02 bits per heavy atom. The van der Waals surface area contributed by atoms with Crippen LogP contribution >= 0.6 is 0 Å². The van der Waals surface area contributed by atoms with E-state index in [0.29, 0.717) is 31.8 Å². The predicted octanol–water partition coefficient (Wildman–Crippen LogP) is 1.58. The predicted molar refractivity (Wildman–Crippen MR) is 143 cm³/mol. The van der Waals surface area contributed by atoms with Gasteiger partial charge in [0.05, 0.1) is 0 Å². The second-order valence-electron chi connectivity index (χ2n) is 12.2. The number of nitrogens with zero attached hydrogens (tertiary/aromatic N) is 1. The van der Waals surface area contributed by atoms with Crippen molar-refractivity contribution in [3.63, 3.8) is 0 Å². The molecule has 0 bridgehead atoms. The maximum absolute atomic E-state index is 14.8. The molecule has 1 amide bonds. The van der Waals surface area contributed by atoms with E-state index in [-0.39, 0.29) is 70.3 Å². The van der Waals surface area contributed by atoms with E-state index in [0.717, 1.165) is 47.4 Å². The fraction of sp³-hybridized carbons (Fsp3) is 0.581. The first-order chi connectivity index (χ1) is 19.5. The second-order valence-corrected chi connectivity index (χ2v) is 14.6. The summed E-state index contributed by atoms with van der Waals surface area (Å²) >= 11 is -0.300. The van der Waals surface area contributed by atoms with Crippen molar-refractivity contribution in [1.82, 2.24) is 13.7 Å². The van der Waals surface area contributed by atoms with Gasteiger partial charge in [0.1, 0.15) is 0 Å². The van der Waals surface area contributed by atoms with Crippen LogP contribution in [0, 0.1) is 11.8 Å². The van der Waals surface area contributed by atoms with Crippen LogP contribution < -0.4 is 39.8 Å². The van der Waals surface area contributed by atoms with Gasteiger partial charge in [0.25, 0.3) is 0 Å². The first kappa shape index (κ1) is 26.9. The minimum atomic E-state index is -2.58. The number of alkyl halides is 3. The number of carbonyl (C=O) groups excluding carboxylic acids is 1. The zero-order chi connectivity index (χ0) is 27.3. The van der Waals surface area contributed by atoms with E-state index in [1.807, 2.05) is 12.1 Å². The Balaban J connectivity index is 1.21. The van der Waals surface area contributed by atoms with Gasteiger partial charge in [0.15, 0.2) is 0 Å². The van der Waals surface area contributed by atoms with Gasteiger partial charge < -0.3 is 0 Å². The number of rotatable bonds is 3. The Labute approximate surface area is 245 Å². The molecular weight excluding hydrogens is 627 g/mol. The SMILES string of the molecule is O=C([C@@H]1C[I-]NC[C@]12CNCc1c2ccc2c1OCO2)N1CC[C@@H](c2ccccc2)C[C@H]1C1CCC(F)(F)CC1. The number of carbonyl (C=O) groups is 1. The molecule has 216 valence electrons. The molecule has 3 fully saturated rings. The molecule has 2 N–H and O–H groups in total. The average molecular weight is 665 g/mol. The fourth-order valence-electron chi connectivity index (χ4n) is 7.91. The van der Waals surface area contributed by atoms with Gasteiger partial charge >= 0.3 is 246 Å². The molecule has 40 heavy (non-hydrogen) atoms. The van der Waals surface area contributed by atoms with Crippen LogP contribution in [0.5, 0.6) is 11.5 Å². The minimum absolute atomic E-state index is 0.000431. The van der Waals surface area contributed by atoms with Crippen molar-refractivity contribution in [2.75, 3.05) is 30.9 Å². The number of hydrogen-bond donors (Lipinski definition) is 2. The van der Waals surface area contributed by atoms with E-state index >= 15 is 0 Å². The summed E-state index contributed by atoms with van der Waals surface area (Å²) in [6.07, 6.45) is 2.60. The zero-order valence-electron chi connectivity index (χ0n) is 22.6. The first-order valence-corrected chi connectivity index (χ1v) is 17.2. The molecule has 1 spiro atoms. The summed E-state index contributed by atoms with van der Waals surface area (Å²) < 4.78 is 44.5. The van der Waals surface area contributed by atoms with Gasteiger partial charge in [0.2, 0.25) is 0 Å². The zero-order valence-corrected chi connectivity index (χ0v) is 24.8. The number of nitrogens with one attached hydrogen (secondary N) is 2. The summed E-state index contributed by atoms with van der Waals surface area (Å²) in [5, 5.41) is 3.61. The van der Waals surface area contributed by atoms with Gasteiger partial charge in [-0.15, -0.1) is 0 Å². The molecule has 0 unspecified atom stereocenters. The first-order valence-electron chi connectivity index (χ1n) is 14.6. The molecular formula is C31H37F2IN3O3-. The number of benzene rings is 2. The molecule has 9 heteroatoms. The van der Waals surface area contributed by atoms with Gasteiger partial charge in [-0.25, -0.2) is 0 Å². The molecule has 4 aliphatic heterocycles. The summed E-state index contributed by atoms with van der Waals surface area (Å²) in [6.45, 7) is 3.10. The van der Waals surface area contributed by atoms with Crippen molar-refractivity contribution in [3.05, 3.63) is 59.2 Å². The quantitative estimate of drug-likeness (QED) is 0.297. The van der Waals surface area contributed by atoms with Crippen molar-refractivity contribution in [2.45, 2.75) is 68.4 Å². The number of likely N-dealkylation sites (tertiary alicyclic amines) is 1. The molecule has 2 aromatic carbocycles.